The largest absolute Gasteiger partial charge is 0.444 e. The minimum Gasteiger partial charge on any atom is -0.444 e. The van der Waals surface area contributed by atoms with Crippen molar-refractivity contribution in [3.8, 4) is 0 Å². The summed E-state index contributed by atoms with van der Waals surface area (Å²) in [6.45, 7) is 7.96. The van der Waals surface area contributed by atoms with Gasteiger partial charge in [-0.25, -0.2) is 4.79 Å². The molecule has 2 amide bonds. The smallest absolute Gasteiger partial charge is 0.407 e. The molecule has 1 N–H and O–H groups in total. The molecule has 0 aromatic rings. The van der Waals surface area contributed by atoms with Crippen LogP contribution >= 0.6 is 0 Å². The van der Waals surface area contributed by atoms with Crippen LogP contribution in [0.4, 0.5) is 4.79 Å². The lowest BCUT2D eigenvalue weighted by molar-refractivity contribution is -0.119. The second kappa shape index (κ2) is 7.36. The molecule has 0 bridgehead atoms. The van der Waals surface area contributed by atoms with E-state index < -0.39 is 5.60 Å². The van der Waals surface area contributed by atoms with Crippen LogP contribution in [0.5, 0.6) is 0 Å². The summed E-state index contributed by atoms with van der Waals surface area (Å²) in [5.74, 6) is 0.677. The van der Waals surface area contributed by atoms with Crippen LogP contribution in [-0.4, -0.2) is 42.6 Å². The Balaban J connectivity index is 2.05. The number of alkyl carbamates (subject to hydrolysis) is 1. The minimum absolute atomic E-state index is 0.344. The Morgan fingerprint density at radius 2 is 2.00 bits per heavy atom. The van der Waals surface area contributed by atoms with E-state index >= 15 is 0 Å². The first kappa shape index (κ1) is 15.8. The molecule has 1 aliphatic heterocycles. The topological polar surface area (TPSA) is 58.6 Å². The van der Waals surface area contributed by atoms with Crippen LogP contribution in [0.1, 0.15) is 46.5 Å². The summed E-state index contributed by atoms with van der Waals surface area (Å²) in [6.07, 6.45) is 4.80. The lowest BCUT2D eigenvalue weighted by atomic mass is 9.92. The molecule has 5 heteroatoms. The van der Waals surface area contributed by atoms with E-state index in [4.69, 9.17) is 4.74 Å². The van der Waals surface area contributed by atoms with Gasteiger partial charge < -0.3 is 15.0 Å². The molecule has 1 rings (SSSR count). The number of carbonyl (C=O) groups excluding carboxylic acids is 2. The lowest BCUT2D eigenvalue weighted by Gasteiger charge is -2.29. The fourth-order valence-corrected chi connectivity index (χ4v) is 2.24. The standard InChI is InChI=1S/C14H26N2O3/c1-14(2,3)19-13(18)15-8-4-5-12-6-9-16(11-17)10-7-12/h11-12H,4-10H2,1-3H3,(H,15,18). The second-order valence-corrected chi connectivity index (χ2v) is 6.16. The Hall–Kier alpha value is -1.26. The zero-order chi connectivity index (χ0) is 14.3. The summed E-state index contributed by atoms with van der Waals surface area (Å²) in [6, 6.07) is 0. The normalized spacial score (nSPS) is 17.1. The fraction of sp³-hybridized carbons (Fsp3) is 0.857. The van der Waals surface area contributed by atoms with Crippen molar-refractivity contribution in [3.63, 3.8) is 0 Å². The van der Waals surface area contributed by atoms with E-state index in [1.807, 2.05) is 25.7 Å². The number of carbonyl (C=O) groups is 2. The van der Waals surface area contributed by atoms with E-state index in [1.54, 1.807) is 0 Å². The van der Waals surface area contributed by atoms with E-state index in [-0.39, 0.29) is 6.09 Å². The summed E-state index contributed by atoms with van der Waals surface area (Å²) >= 11 is 0. The molecule has 0 aromatic carbocycles. The molecule has 19 heavy (non-hydrogen) atoms. The van der Waals surface area contributed by atoms with E-state index in [2.05, 4.69) is 5.32 Å². The number of nitrogens with one attached hydrogen (secondary N) is 1. The van der Waals surface area contributed by atoms with Crippen LogP contribution in [0.2, 0.25) is 0 Å². The van der Waals surface area contributed by atoms with E-state index in [9.17, 15) is 9.59 Å². The Kier molecular flexibility index (Phi) is 6.12. The van der Waals surface area contributed by atoms with Crippen molar-refractivity contribution in [1.29, 1.82) is 0 Å². The highest BCUT2D eigenvalue weighted by molar-refractivity contribution is 5.67. The molecule has 1 aliphatic rings. The van der Waals surface area contributed by atoms with Crippen LogP contribution in [0.3, 0.4) is 0 Å². The van der Waals surface area contributed by atoms with Crippen molar-refractivity contribution in [2.45, 2.75) is 52.1 Å². The third-order valence-electron chi connectivity index (χ3n) is 3.26. The number of amides is 2. The Bertz CT molecular complexity index is 292. The molecule has 0 aromatic heterocycles. The maximum Gasteiger partial charge on any atom is 0.407 e. The molecule has 0 radical (unpaired) electrons. The van der Waals surface area contributed by atoms with Crippen LogP contribution < -0.4 is 5.32 Å². The molecular weight excluding hydrogens is 244 g/mol. The summed E-state index contributed by atoms with van der Waals surface area (Å²) in [5, 5.41) is 2.77. The fourth-order valence-electron chi connectivity index (χ4n) is 2.24. The summed E-state index contributed by atoms with van der Waals surface area (Å²) in [7, 11) is 0. The highest BCUT2D eigenvalue weighted by Crippen LogP contribution is 2.20. The third kappa shape index (κ3) is 7.03. The van der Waals surface area contributed by atoms with Gasteiger partial charge in [-0.3, -0.25) is 4.79 Å². The molecule has 0 spiro atoms. The number of rotatable bonds is 5. The molecule has 110 valence electrons. The number of piperidine rings is 1. The van der Waals surface area contributed by atoms with Gasteiger partial charge in [0.15, 0.2) is 0 Å². The maximum absolute atomic E-state index is 11.4. The summed E-state index contributed by atoms with van der Waals surface area (Å²) in [5.41, 5.74) is -0.439. The van der Waals surface area contributed by atoms with E-state index in [1.165, 1.54) is 0 Å². The van der Waals surface area contributed by atoms with Gasteiger partial charge in [-0.2, -0.15) is 0 Å². The highest BCUT2D eigenvalue weighted by Gasteiger charge is 2.18. The molecule has 5 nitrogen and oxygen atoms in total. The number of nitrogens with zero attached hydrogens (tertiary/aromatic N) is 1. The predicted molar refractivity (Wildman–Crippen MR) is 73.8 cm³/mol. The average Bonchev–Trinajstić information content (AvgIpc) is 2.33. The average molecular weight is 270 g/mol. The van der Waals surface area contributed by atoms with Crippen molar-refractivity contribution < 1.29 is 14.3 Å². The molecule has 1 saturated heterocycles. The van der Waals surface area contributed by atoms with Gasteiger partial charge in [-0.05, 0) is 52.4 Å². The number of ether oxygens (including phenoxy) is 1. The van der Waals surface area contributed by atoms with Crippen molar-refractivity contribution >= 4 is 12.5 Å². The molecule has 1 heterocycles. The molecule has 0 saturated carbocycles. The van der Waals surface area contributed by atoms with Gasteiger partial charge in [0.2, 0.25) is 6.41 Å². The SMILES string of the molecule is CC(C)(C)OC(=O)NCCCC1CCN(C=O)CC1. The van der Waals surface area contributed by atoms with Gasteiger partial charge in [0.1, 0.15) is 5.60 Å². The minimum atomic E-state index is -0.439. The lowest BCUT2D eigenvalue weighted by Crippen LogP contribution is -2.34. The highest BCUT2D eigenvalue weighted by atomic mass is 16.6. The van der Waals surface area contributed by atoms with E-state index in [0.717, 1.165) is 45.2 Å². The van der Waals surface area contributed by atoms with Gasteiger partial charge >= 0.3 is 6.09 Å². The van der Waals surface area contributed by atoms with Crippen LogP contribution in [0, 0.1) is 5.92 Å². The number of hydrogen-bond acceptors (Lipinski definition) is 3. The molecular formula is C14H26N2O3. The quantitative estimate of drug-likeness (QED) is 0.615. The third-order valence-corrected chi connectivity index (χ3v) is 3.26. The van der Waals surface area contributed by atoms with Crippen LogP contribution in [0.15, 0.2) is 0 Å². The van der Waals surface area contributed by atoms with Crippen molar-refractivity contribution in [2.24, 2.45) is 5.92 Å². The summed E-state index contributed by atoms with van der Waals surface area (Å²) < 4.78 is 5.16. The Morgan fingerprint density at radius 1 is 1.37 bits per heavy atom. The monoisotopic (exact) mass is 270 g/mol. The first-order valence-electron chi connectivity index (χ1n) is 7.07. The Morgan fingerprint density at radius 3 is 2.53 bits per heavy atom. The Labute approximate surface area is 115 Å². The van der Waals surface area contributed by atoms with Crippen molar-refractivity contribution in [2.75, 3.05) is 19.6 Å². The van der Waals surface area contributed by atoms with Gasteiger partial charge in [0.25, 0.3) is 0 Å². The zero-order valence-corrected chi connectivity index (χ0v) is 12.3. The summed E-state index contributed by atoms with van der Waals surface area (Å²) in [4.78, 5) is 23.8. The van der Waals surface area contributed by atoms with E-state index in [0.29, 0.717) is 12.5 Å². The van der Waals surface area contributed by atoms with Crippen LogP contribution in [0.25, 0.3) is 0 Å². The van der Waals surface area contributed by atoms with Crippen LogP contribution in [-0.2, 0) is 9.53 Å². The molecule has 1 fully saturated rings. The van der Waals surface area contributed by atoms with Gasteiger partial charge in [0.05, 0.1) is 0 Å². The van der Waals surface area contributed by atoms with Gasteiger partial charge in [-0.15, -0.1) is 0 Å². The molecule has 0 unspecified atom stereocenters. The van der Waals surface area contributed by atoms with Crippen molar-refractivity contribution in [3.05, 3.63) is 0 Å². The second-order valence-electron chi connectivity index (χ2n) is 6.16. The number of likely N-dealkylation sites (tertiary alicyclic amines) is 1. The number of hydrogen-bond donors (Lipinski definition) is 1. The maximum atomic E-state index is 11.4. The zero-order valence-electron chi connectivity index (χ0n) is 12.3. The van der Waals surface area contributed by atoms with Crippen molar-refractivity contribution in [1.82, 2.24) is 10.2 Å². The predicted octanol–water partition coefficient (Wildman–Crippen LogP) is 2.16. The first-order valence-corrected chi connectivity index (χ1v) is 7.07. The van der Waals surface area contributed by atoms with Gasteiger partial charge in [-0.1, -0.05) is 0 Å². The molecule has 0 aliphatic carbocycles. The molecule has 0 atom stereocenters. The first-order chi connectivity index (χ1) is 8.90. The van der Waals surface area contributed by atoms with Gasteiger partial charge in [0, 0.05) is 19.6 Å².